The van der Waals surface area contributed by atoms with Crippen LogP contribution < -0.4 is 0 Å². The van der Waals surface area contributed by atoms with Gasteiger partial charge in [0.2, 0.25) is 0 Å². The molecule has 0 saturated heterocycles. The van der Waals surface area contributed by atoms with Gasteiger partial charge in [-0.1, -0.05) is 77.0 Å². The summed E-state index contributed by atoms with van der Waals surface area (Å²) in [4.78, 5) is 22.2. The first-order valence-electron chi connectivity index (χ1n) is 14.7. The summed E-state index contributed by atoms with van der Waals surface area (Å²) in [5, 5.41) is 46.8. The van der Waals surface area contributed by atoms with Crippen molar-refractivity contribution in [3.63, 3.8) is 0 Å². The molecule has 0 aromatic carbocycles. The number of hydrogen-bond acceptors (Lipinski definition) is 9. The SMILES string of the molecule is C=COC(=O)C1CC1.CCCCCCCC/C=C\CCCCCCCC(=O)OC[C@H](O)[C@@H](O)[C@H](O)[C@H](O)CO. The number of carbonyl (C=O) groups is 2. The van der Waals surface area contributed by atoms with Gasteiger partial charge >= 0.3 is 11.9 Å². The van der Waals surface area contributed by atoms with Crippen molar-refractivity contribution in [1.82, 2.24) is 0 Å². The summed E-state index contributed by atoms with van der Waals surface area (Å²) >= 11 is 0. The molecule has 0 unspecified atom stereocenters. The predicted molar refractivity (Wildman–Crippen MR) is 151 cm³/mol. The summed E-state index contributed by atoms with van der Waals surface area (Å²) in [6, 6.07) is 0. The Morgan fingerprint density at radius 1 is 0.821 bits per heavy atom. The van der Waals surface area contributed by atoms with Crippen molar-refractivity contribution in [2.24, 2.45) is 5.92 Å². The maximum absolute atomic E-state index is 11.7. The van der Waals surface area contributed by atoms with E-state index in [9.17, 15) is 30.0 Å². The Morgan fingerprint density at radius 2 is 1.33 bits per heavy atom. The lowest BCUT2D eigenvalue weighted by Crippen LogP contribution is -2.47. The molecule has 0 amide bonds. The number of unbranched alkanes of at least 4 members (excludes halogenated alkanes) is 11. The molecule has 0 aliphatic heterocycles. The van der Waals surface area contributed by atoms with E-state index in [-0.39, 0.29) is 18.3 Å². The molecule has 1 rings (SSSR count). The van der Waals surface area contributed by atoms with Gasteiger partial charge in [-0.15, -0.1) is 0 Å². The van der Waals surface area contributed by atoms with E-state index in [1.54, 1.807) is 0 Å². The third-order valence-electron chi connectivity index (χ3n) is 6.49. The largest absolute Gasteiger partial charge is 0.463 e. The monoisotopic (exact) mass is 558 g/mol. The van der Waals surface area contributed by atoms with E-state index in [0.717, 1.165) is 44.9 Å². The lowest BCUT2D eigenvalue weighted by Gasteiger charge is -2.25. The first-order valence-corrected chi connectivity index (χ1v) is 14.7. The van der Waals surface area contributed by atoms with Gasteiger partial charge in [-0.2, -0.15) is 0 Å². The highest BCUT2D eigenvalue weighted by Gasteiger charge is 2.31. The number of hydrogen-bond donors (Lipinski definition) is 5. The van der Waals surface area contributed by atoms with Crippen molar-refractivity contribution in [3.8, 4) is 0 Å². The Labute approximate surface area is 234 Å². The molecule has 0 heterocycles. The zero-order valence-electron chi connectivity index (χ0n) is 23.9. The van der Waals surface area contributed by atoms with Gasteiger partial charge in [0.15, 0.2) is 0 Å². The summed E-state index contributed by atoms with van der Waals surface area (Å²) < 4.78 is 9.39. The van der Waals surface area contributed by atoms with E-state index in [4.69, 9.17) is 9.84 Å². The molecule has 4 atom stereocenters. The number of carbonyl (C=O) groups excluding carboxylic acids is 2. The van der Waals surface area contributed by atoms with Crippen molar-refractivity contribution in [2.45, 2.75) is 134 Å². The third kappa shape index (κ3) is 21.7. The van der Waals surface area contributed by atoms with Crippen molar-refractivity contribution in [1.29, 1.82) is 0 Å². The Morgan fingerprint density at radius 3 is 1.85 bits per heavy atom. The second-order valence-corrected chi connectivity index (χ2v) is 10.2. The van der Waals surface area contributed by atoms with Gasteiger partial charge in [-0.25, -0.2) is 0 Å². The fraction of sp³-hybridized carbons (Fsp3) is 0.800. The van der Waals surface area contributed by atoms with Gasteiger partial charge in [0.25, 0.3) is 0 Å². The van der Waals surface area contributed by atoms with Crippen LogP contribution in [0.3, 0.4) is 0 Å². The molecule has 0 aromatic heterocycles. The molecule has 9 nitrogen and oxygen atoms in total. The van der Waals surface area contributed by atoms with Crippen LogP contribution in [0.2, 0.25) is 0 Å². The van der Waals surface area contributed by atoms with Crippen LogP contribution in [0.5, 0.6) is 0 Å². The average Bonchev–Trinajstić information content (AvgIpc) is 3.79. The molecular weight excluding hydrogens is 504 g/mol. The maximum Gasteiger partial charge on any atom is 0.313 e. The third-order valence-corrected chi connectivity index (χ3v) is 6.49. The minimum atomic E-state index is -1.72. The molecule has 9 heteroatoms. The molecule has 5 N–H and O–H groups in total. The molecular formula is C30H54O9. The van der Waals surface area contributed by atoms with Crippen molar-refractivity contribution in [3.05, 3.63) is 25.0 Å². The van der Waals surface area contributed by atoms with E-state index in [2.05, 4.69) is 30.4 Å². The first-order chi connectivity index (χ1) is 18.8. The molecule has 39 heavy (non-hydrogen) atoms. The fourth-order valence-corrected chi connectivity index (χ4v) is 3.75. The molecule has 228 valence electrons. The lowest BCUT2D eigenvalue weighted by atomic mass is 10.0. The maximum atomic E-state index is 11.7. The van der Waals surface area contributed by atoms with Gasteiger partial charge < -0.3 is 35.0 Å². The van der Waals surface area contributed by atoms with Crippen LogP contribution in [0.4, 0.5) is 0 Å². The van der Waals surface area contributed by atoms with E-state index in [1.807, 2.05) is 0 Å². The van der Waals surface area contributed by atoms with Crippen molar-refractivity contribution in [2.75, 3.05) is 13.2 Å². The lowest BCUT2D eigenvalue weighted by molar-refractivity contribution is -0.156. The van der Waals surface area contributed by atoms with Crippen LogP contribution >= 0.6 is 0 Å². The Balaban J connectivity index is 0.00000152. The summed E-state index contributed by atoms with van der Waals surface area (Å²) in [5.41, 5.74) is 0. The van der Waals surface area contributed by atoms with Gasteiger partial charge in [-0.3, -0.25) is 9.59 Å². The Kier molecular flexibility index (Phi) is 24.1. The summed E-state index contributed by atoms with van der Waals surface area (Å²) in [6.07, 6.45) is 16.7. The van der Waals surface area contributed by atoms with Crippen LogP contribution in [0.1, 0.15) is 110 Å². The smallest absolute Gasteiger partial charge is 0.313 e. The molecule has 0 bridgehead atoms. The van der Waals surface area contributed by atoms with E-state index in [1.165, 1.54) is 51.2 Å². The topological polar surface area (TPSA) is 154 Å². The normalized spacial score (nSPS) is 16.1. The first kappa shape index (κ1) is 37.2. The van der Waals surface area contributed by atoms with Gasteiger partial charge in [0.05, 0.1) is 18.8 Å². The highest BCUT2D eigenvalue weighted by molar-refractivity contribution is 5.75. The zero-order valence-corrected chi connectivity index (χ0v) is 23.9. The van der Waals surface area contributed by atoms with Gasteiger partial charge in [0.1, 0.15) is 31.0 Å². The highest BCUT2D eigenvalue weighted by atomic mass is 16.5. The molecule has 0 spiro atoms. The van der Waals surface area contributed by atoms with Crippen molar-refractivity contribution < 1.29 is 44.6 Å². The standard InChI is InChI=1S/C24H46O7.C6H8O2/c1-2-3-4-5-6-7-8-9-10-11-12-13-14-15-16-17-22(28)31-19-21(27)24(30)23(29)20(26)18-25;1-2-8-6(7)5-3-4-5/h9-10,20-21,23-27,29-30H,2-8,11-19H2,1H3;2,5H,1,3-4H2/b10-9-;/t20-,21+,23-,24-;/m1./s1. The summed E-state index contributed by atoms with van der Waals surface area (Å²) in [5.74, 6) is -0.408. The van der Waals surface area contributed by atoms with Crippen LogP contribution in [0.25, 0.3) is 0 Å². The minimum absolute atomic E-state index is 0.125. The molecule has 1 fully saturated rings. The van der Waals surface area contributed by atoms with Crippen molar-refractivity contribution >= 4 is 11.9 Å². The Hall–Kier alpha value is -1.78. The molecule has 1 aliphatic carbocycles. The zero-order chi connectivity index (χ0) is 29.3. The van der Waals surface area contributed by atoms with E-state index in [0.29, 0.717) is 6.42 Å². The molecule has 1 saturated carbocycles. The second-order valence-electron chi connectivity index (χ2n) is 10.2. The van der Waals surface area contributed by atoms with Gasteiger partial charge in [0, 0.05) is 6.42 Å². The van der Waals surface area contributed by atoms with Crippen LogP contribution in [0.15, 0.2) is 25.0 Å². The highest BCUT2D eigenvalue weighted by Crippen LogP contribution is 2.29. The van der Waals surface area contributed by atoms with Gasteiger partial charge in [-0.05, 0) is 44.9 Å². The predicted octanol–water partition coefficient (Wildman–Crippen LogP) is 4.09. The molecule has 1 aliphatic rings. The molecule has 0 radical (unpaired) electrons. The number of rotatable bonds is 23. The number of allylic oxidation sites excluding steroid dienone is 2. The van der Waals surface area contributed by atoms with E-state index >= 15 is 0 Å². The average molecular weight is 559 g/mol. The summed E-state index contributed by atoms with van der Waals surface area (Å²) in [6.45, 7) is 4.28. The summed E-state index contributed by atoms with van der Waals surface area (Å²) in [7, 11) is 0. The van der Waals surface area contributed by atoms with Crippen LogP contribution in [0, 0.1) is 5.92 Å². The number of ether oxygens (including phenoxy) is 2. The van der Waals surface area contributed by atoms with E-state index < -0.39 is 43.6 Å². The number of aliphatic hydroxyl groups excluding tert-OH is 5. The van der Waals surface area contributed by atoms with Crippen LogP contribution in [-0.2, 0) is 19.1 Å². The minimum Gasteiger partial charge on any atom is -0.463 e. The number of esters is 2. The Bertz CT molecular complexity index is 648. The second kappa shape index (κ2) is 25.2. The molecule has 0 aromatic rings. The number of aliphatic hydroxyl groups is 5. The van der Waals surface area contributed by atoms with Crippen LogP contribution in [-0.4, -0.2) is 75.1 Å². The quantitative estimate of drug-likeness (QED) is 0.0540. The fourth-order valence-electron chi connectivity index (χ4n) is 3.75.